The smallest absolute Gasteiger partial charge is 0.338 e. The quantitative estimate of drug-likeness (QED) is 0.114. The van der Waals surface area contributed by atoms with Crippen molar-refractivity contribution in [2.75, 3.05) is 6.61 Å². The van der Waals surface area contributed by atoms with E-state index >= 15 is 4.39 Å². The number of esters is 2. The average molecular weight is 487 g/mol. The van der Waals surface area contributed by atoms with Gasteiger partial charge in [-0.05, 0) is 68.5 Å². The highest BCUT2D eigenvalue weighted by atomic mass is 19.1. The minimum atomic E-state index is -0.725. The van der Waals surface area contributed by atoms with Crippen molar-refractivity contribution >= 4 is 33.9 Å². The molecular weight excluding hydrogens is 459 g/mol. The van der Waals surface area contributed by atoms with E-state index in [9.17, 15) is 9.59 Å². The third-order valence-corrected chi connectivity index (χ3v) is 5.97. The molecule has 5 nitrogen and oxygen atoms in total. The van der Waals surface area contributed by atoms with Gasteiger partial charge in [0.15, 0.2) is 11.3 Å². The van der Waals surface area contributed by atoms with Gasteiger partial charge in [-0.3, -0.25) is 0 Å². The monoisotopic (exact) mass is 486 g/mol. The van der Waals surface area contributed by atoms with Gasteiger partial charge in [-0.1, -0.05) is 43.5 Å². The molecule has 0 aliphatic carbocycles. The van der Waals surface area contributed by atoms with Crippen LogP contribution in [0.25, 0.3) is 33.1 Å². The maximum absolute atomic E-state index is 15.1. The molecule has 6 heteroatoms. The number of ether oxygens (including phenoxy) is 2. The molecule has 0 saturated carbocycles. The molecule has 184 valence electrons. The van der Waals surface area contributed by atoms with Gasteiger partial charge in [0.05, 0.1) is 6.61 Å². The Balaban J connectivity index is 1.57. The first kappa shape index (κ1) is 24.9. The fraction of sp³-hybridized carbons (Fsp3) is 0.200. The molecule has 4 rings (SSSR count). The molecule has 0 aliphatic rings. The molecule has 0 unspecified atom stereocenters. The summed E-state index contributed by atoms with van der Waals surface area (Å²) in [5.41, 5.74) is 5.17. The van der Waals surface area contributed by atoms with E-state index in [0.717, 1.165) is 40.5 Å². The highest BCUT2D eigenvalue weighted by molar-refractivity contribution is 6.08. The van der Waals surface area contributed by atoms with Crippen molar-refractivity contribution in [3.8, 4) is 16.9 Å². The van der Waals surface area contributed by atoms with Crippen LogP contribution in [-0.2, 0) is 20.7 Å². The molecule has 3 aromatic carbocycles. The number of carbonyl (C=O) groups excluding carboxylic acids is 2. The van der Waals surface area contributed by atoms with Gasteiger partial charge < -0.3 is 13.9 Å². The first-order valence-corrected chi connectivity index (χ1v) is 11.6. The Kier molecular flexibility index (Phi) is 7.06. The van der Waals surface area contributed by atoms with Crippen LogP contribution < -0.4 is 4.74 Å². The average Bonchev–Trinajstić information content (AvgIpc) is 3.24. The minimum absolute atomic E-state index is 0.0416. The van der Waals surface area contributed by atoms with E-state index in [2.05, 4.69) is 13.2 Å². The van der Waals surface area contributed by atoms with Gasteiger partial charge in [0.2, 0.25) is 5.82 Å². The second-order valence-electron chi connectivity index (χ2n) is 8.86. The maximum Gasteiger partial charge on any atom is 0.338 e. The lowest BCUT2D eigenvalue weighted by Gasteiger charge is -2.08. The van der Waals surface area contributed by atoms with Gasteiger partial charge in [-0.15, -0.1) is 0 Å². The first-order chi connectivity index (χ1) is 17.2. The Bertz CT molecular complexity index is 1510. The van der Waals surface area contributed by atoms with E-state index in [1.54, 1.807) is 13.0 Å². The van der Waals surface area contributed by atoms with Gasteiger partial charge in [0.25, 0.3) is 0 Å². The van der Waals surface area contributed by atoms with Crippen LogP contribution in [0.2, 0.25) is 0 Å². The molecule has 0 saturated heterocycles. The van der Waals surface area contributed by atoms with Crippen LogP contribution in [0.4, 0.5) is 4.39 Å². The van der Waals surface area contributed by atoms with Crippen molar-refractivity contribution in [3.05, 3.63) is 89.8 Å². The Morgan fingerprint density at radius 1 is 0.889 bits per heavy atom. The largest absolute Gasteiger partial charge is 0.462 e. The van der Waals surface area contributed by atoms with E-state index in [0.29, 0.717) is 23.1 Å². The number of furan rings is 1. The zero-order valence-electron chi connectivity index (χ0n) is 20.6. The third-order valence-electron chi connectivity index (χ3n) is 5.97. The van der Waals surface area contributed by atoms with Crippen molar-refractivity contribution < 1.29 is 27.9 Å². The molecule has 0 aliphatic heterocycles. The van der Waals surface area contributed by atoms with E-state index in [1.807, 2.05) is 43.3 Å². The molecule has 0 fully saturated rings. The summed E-state index contributed by atoms with van der Waals surface area (Å²) in [6.07, 6.45) is 1.50. The number of aryl methyl sites for hydroxylation is 2. The number of fused-ring (bicyclic) bond motifs is 3. The van der Waals surface area contributed by atoms with Crippen molar-refractivity contribution in [3.63, 3.8) is 0 Å². The van der Waals surface area contributed by atoms with Crippen LogP contribution in [0.5, 0.6) is 5.75 Å². The summed E-state index contributed by atoms with van der Waals surface area (Å²) in [4.78, 5) is 23.3. The summed E-state index contributed by atoms with van der Waals surface area (Å²) >= 11 is 0. The lowest BCUT2D eigenvalue weighted by molar-refractivity contribution is -0.139. The maximum atomic E-state index is 15.1. The van der Waals surface area contributed by atoms with Gasteiger partial charge in [0, 0.05) is 27.5 Å². The van der Waals surface area contributed by atoms with Crippen LogP contribution in [-0.4, -0.2) is 18.5 Å². The standard InChI is InChI=1S/C30H27FO5/c1-17(2)29(32)34-16-6-7-20-8-10-21(11-9-20)22-12-13-23-24-14-15-25(35-30(33)18(3)4)26(31)28(24)36-27(23)19(22)5/h8-15H,1,3,6-7,16H2,2,4-5H3. The summed E-state index contributed by atoms with van der Waals surface area (Å²) in [5, 5.41) is 1.39. The summed E-state index contributed by atoms with van der Waals surface area (Å²) in [5.74, 6) is -1.99. The van der Waals surface area contributed by atoms with Crippen molar-refractivity contribution in [1.29, 1.82) is 0 Å². The second-order valence-corrected chi connectivity index (χ2v) is 8.86. The molecular formula is C30H27FO5. The summed E-state index contributed by atoms with van der Waals surface area (Å²) < 4.78 is 31.3. The van der Waals surface area contributed by atoms with Crippen LogP contribution >= 0.6 is 0 Å². The molecule has 0 amide bonds. The lowest BCUT2D eigenvalue weighted by atomic mass is 9.96. The highest BCUT2D eigenvalue weighted by Crippen LogP contribution is 2.39. The highest BCUT2D eigenvalue weighted by Gasteiger charge is 2.20. The van der Waals surface area contributed by atoms with Crippen molar-refractivity contribution in [1.82, 2.24) is 0 Å². The fourth-order valence-corrected chi connectivity index (χ4v) is 3.98. The number of benzene rings is 3. The van der Waals surface area contributed by atoms with Gasteiger partial charge >= 0.3 is 11.9 Å². The van der Waals surface area contributed by atoms with E-state index in [1.165, 1.54) is 13.0 Å². The third kappa shape index (κ3) is 4.93. The summed E-state index contributed by atoms with van der Waals surface area (Å²) in [6, 6.07) is 15.2. The molecule has 0 atom stereocenters. The minimum Gasteiger partial charge on any atom is -0.462 e. The van der Waals surface area contributed by atoms with E-state index in [-0.39, 0.29) is 22.9 Å². The van der Waals surface area contributed by atoms with Gasteiger partial charge in [-0.2, -0.15) is 4.39 Å². The van der Waals surface area contributed by atoms with Crippen molar-refractivity contribution in [2.24, 2.45) is 0 Å². The van der Waals surface area contributed by atoms with E-state index in [4.69, 9.17) is 13.9 Å². The van der Waals surface area contributed by atoms with E-state index < -0.39 is 11.8 Å². The summed E-state index contributed by atoms with van der Waals surface area (Å²) in [7, 11) is 0. The van der Waals surface area contributed by atoms with Crippen LogP contribution in [0.1, 0.15) is 31.4 Å². The number of hydrogen-bond donors (Lipinski definition) is 0. The Labute approximate surface area is 208 Å². The Hall–Kier alpha value is -4.19. The normalized spacial score (nSPS) is 11.0. The van der Waals surface area contributed by atoms with Crippen LogP contribution in [0.15, 0.2) is 77.3 Å². The Morgan fingerprint density at radius 2 is 1.53 bits per heavy atom. The predicted octanol–water partition coefficient (Wildman–Crippen LogP) is 7.23. The van der Waals surface area contributed by atoms with Gasteiger partial charge in [-0.25, -0.2) is 9.59 Å². The molecule has 4 aromatic rings. The molecule has 0 spiro atoms. The molecule has 1 heterocycles. The lowest BCUT2D eigenvalue weighted by Crippen LogP contribution is -2.09. The zero-order valence-corrected chi connectivity index (χ0v) is 20.6. The fourth-order valence-electron chi connectivity index (χ4n) is 3.98. The zero-order chi connectivity index (χ0) is 26.0. The second kappa shape index (κ2) is 10.2. The predicted molar refractivity (Wildman–Crippen MR) is 138 cm³/mol. The number of hydrogen-bond acceptors (Lipinski definition) is 5. The topological polar surface area (TPSA) is 65.7 Å². The first-order valence-electron chi connectivity index (χ1n) is 11.6. The summed E-state index contributed by atoms with van der Waals surface area (Å²) in [6.45, 7) is 12.5. The number of carbonyl (C=O) groups is 2. The Morgan fingerprint density at radius 3 is 2.19 bits per heavy atom. The number of halogens is 1. The molecule has 1 aromatic heterocycles. The molecule has 0 bridgehead atoms. The van der Waals surface area contributed by atoms with Crippen LogP contribution in [0, 0.1) is 12.7 Å². The molecule has 0 N–H and O–H groups in total. The van der Waals surface area contributed by atoms with Crippen molar-refractivity contribution in [2.45, 2.75) is 33.6 Å². The van der Waals surface area contributed by atoms with Gasteiger partial charge in [0.1, 0.15) is 5.58 Å². The number of rotatable bonds is 8. The SMILES string of the molecule is C=C(C)C(=O)OCCCc1ccc(-c2ccc3c(oc4c(F)c(OC(=O)C(=C)C)ccc43)c2C)cc1. The van der Waals surface area contributed by atoms with Crippen LogP contribution in [0.3, 0.4) is 0 Å². The molecule has 0 radical (unpaired) electrons. The molecule has 36 heavy (non-hydrogen) atoms.